The number of rotatable bonds is 2. The molecule has 1 aliphatic heterocycles. The first kappa shape index (κ1) is 5.92. The van der Waals surface area contributed by atoms with Crippen molar-refractivity contribution in [3.8, 4) is 0 Å². The van der Waals surface area contributed by atoms with Crippen molar-refractivity contribution in [1.82, 2.24) is 10.2 Å². The molecule has 0 atom stereocenters. The zero-order valence-corrected chi connectivity index (χ0v) is 6.71. The summed E-state index contributed by atoms with van der Waals surface area (Å²) in [5, 5.41) is 3.48. The number of nitrogens with zero attached hydrogens (tertiary/aromatic N) is 1. The van der Waals surface area contributed by atoms with E-state index < -0.39 is 0 Å². The van der Waals surface area contributed by atoms with Crippen LogP contribution in [0.5, 0.6) is 0 Å². The van der Waals surface area contributed by atoms with Crippen LogP contribution in [0.1, 0.15) is 25.7 Å². The topological polar surface area (TPSA) is 15.3 Å². The van der Waals surface area contributed by atoms with Gasteiger partial charge in [0.25, 0.3) is 0 Å². The van der Waals surface area contributed by atoms with Crippen molar-refractivity contribution in [3.05, 3.63) is 11.9 Å². The minimum absolute atomic E-state index is 0.888. The lowest BCUT2D eigenvalue weighted by Gasteiger charge is -2.11. The second kappa shape index (κ2) is 1.93. The summed E-state index contributed by atoms with van der Waals surface area (Å²) in [6.07, 6.45) is 8.01. The van der Waals surface area contributed by atoms with Gasteiger partial charge in [0.05, 0.1) is 6.67 Å². The molecule has 60 valence electrons. The van der Waals surface area contributed by atoms with Crippen LogP contribution in [0.3, 0.4) is 0 Å². The predicted octanol–water partition coefficient (Wildman–Crippen LogP) is 1.26. The molecule has 0 aromatic rings. The Morgan fingerprint density at radius 2 is 2.09 bits per heavy atom. The van der Waals surface area contributed by atoms with E-state index in [1.165, 1.54) is 31.4 Å². The van der Waals surface area contributed by atoms with Gasteiger partial charge < -0.3 is 10.2 Å². The van der Waals surface area contributed by atoms with Gasteiger partial charge in [-0.15, -0.1) is 0 Å². The molecule has 0 unspecified atom stereocenters. The van der Waals surface area contributed by atoms with Crippen LogP contribution in [0.25, 0.3) is 0 Å². The molecule has 0 aromatic carbocycles. The molecule has 0 saturated heterocycles. The Balaban J connectivity index is 1.71. The van der Waals surface area contributed by atoms with Crippen LogP contribution >= 0.6 is 0 Å². The minimum atomic E-state index is 0.888. The summed E-state index contributed by atoms with van der Waals surface area (Å²) in [5.74, 6) is 0.902. The van der Waals surface area contributed by atoms with Gasteiger partial charge in [-0.2, -0.15) is 0 Å². The molecule has 1 heterocycles. The predicted molar refractivity (Wildman–Crippen MR) is 43.7 cm³/mol. The molecule has 1 N–H and O–H groups in total. The van der Waals surface area contributed by atoms with Gasteiger partial charge in [0, 0.05) is 23.9 Å². The summed E-state index contributed by atoms with van der Waals surface area (Å²) in [4.78, 5) is 2.47. The molecule has 2 saturated carbocycles. The Kier molecular flexibility index (Phi) is 1.04. The Bertz CT molecular complexity index is 202. The largest absolute Gasteiger partial charge is 0.370 e. The van der Waals surface area contributed by atoms with Gasteiger partial charge in [0.1, 0.15) is 0 Å². The highest BCUT2D eigenvalue weighted by atomic mass is 15.3. The number of nitrogens with one attached hydrogen (secondary N) is 1. The first-order valence-corrected chi connectivity index (χ1v) is 4.65. The molecular formula is C9H14N2. The summed E-state index contributed by atoms with van der Waals surface area (Å²) >= 11 is 0. The third-order valence-corrected chi connectivity index (χ3v) is 2.80. The highest BCUT2D eigenvalue weighted by Crippen LogP contribution is 2.38. The Morgan fingerprint density at radius 1 is 1.27 bits per heavy atom. The quantitative estimate of drug-likeness (QED) is 0.637. The van der Waals surface area contributed by atoms with Crippen LogP contribution in [0.4, 0.5) is 0 Å². The molecule has 0 spiro atoms. The van der Waals surface area contributed by atoms with Crippen molar-refractivity contribution < 1.29 is 0 Å². The number of hydrogen-bond acceptors (Lipinski definition) is 2. The summed E-state index contributed by atoms with van der Waals surface area (Å²) in [5.41, 5.74) is 1.51. The highest BCUT2D eigenvalue weighted by molar-refractivity contribution is 5.15. The van der Waals surface area contributed by atoms with Gasteiger partial charge in [0.2, 0.25) is 0 Å². The Morgan fingerprint density at radius 3 is 2.73 bits per heavy atom. The van der Waals surface area contributed by atoms with Crippen molar-refractivity contribution >= 4 is 0 Å². The van der Waals surface area contributed by atoms with E-state index in [2.05, 4.69) is 16.4 Å². The summed E-state index contributed by atoms with van der Waals surface area (Å²) < 4.78 is 0. The average molecular weight is 150 g/mol. The van der Waals surface area contributed by atoms with Crippen LogP contribution in [-0.4, -0.2) is 17.6 Å². The van der Waals surface area contributed by atoms with Gasteiger partial charge >= 0.3 is 0 Å². The van der Waals surface area contributed by atoms with E-state index >= 15 is 0 Å². The third-order valence-electron chi connectivity index (χ3n) is 2.80. The van der Waals surface area contributed by atoms with E-state index in [0.717, 1.165) is 18.6 Å². The van der Waals surface area contributed by atoms with Crippen LogP contribution in [0.15, 0.2) is 11.9 Å². The third kappa shape index (κ3) is 1.01. The standard InChI is InChI=1S/C9H14N2/c1-2-7(1)9-5-11(6-10-9)8-3-4-8/h5,7-8,10H,1-4,6H2. The zero-order chi connectivity index (χ0) is 7.26. The van der Waals surface area contributed by atoms with Crippen molar-refractivity contribution in [2.45, 2.75) is 31.7 Å². The van der Waals surface area contributed by atoms with Crippen LogP contribution < -0.4 is 5.32 Å². The lowest BCUT2D eigenvalue weighted by Crippen LogP contribution is -2.23. The van der Waals surface area contributed by atoms with Gasteiger partial charge in [0.15, 0.2) is 0 Å². The second-order valence-corrected chi connectivity index (χ2v) is 3.94. The second-order valence-electron chi connectivity index (χ2n) is 3.94. The first-order chi connectivity index (χ1) is 5.43. The van der Waals surface area contributed by atoms with E-state index in [-0.39, 0.29) is 0 Å². The van der Waals surface area contributed by atoms with Crippen molar-refractivity contribution in [3.63, 3.8) is 0 Å². The van der Waals surface area contributed by atoms with E-state index in [0.29, 0.717) is 0 Å². The van der Waals surface area contributed by atoms with Crippen LogP contribution in [0, 0.1) is 5.92 Å². The zero-order valence-electron chi connectivity index (χ0n) is 6.71. The molecule has 2 nitrogen and oxygen atoms in total. The average Bonchev–Trinajstić information content (AvgIpc) is 2.90. The Hall–Kier alpha value is -0.660. The normalized spacial score (nSPS) is 30.2. The molecular weight excluding hydrogens is 136 g/mol. The van der Waals surface area contributed by atoms with Crippen molar-refractivity contribution in [2.75, 3.05) is 6.67 Å². The molecule has 2 fully saturated rings. The molecule has 0 bridgehead atoms. The fourth-order valence-electron chi connectivity index (χ4n) is 1.74. The molecule has 0 amide bonds. The molecule has 2 heteroatoms. The van der Waals surface area contributed by atoms with E-state index in [1.54, 1.807) is 0 Å². The maximum Gasteiger partial charge on any atom is 0.0872 e. The fourth-order valence-corrected chi connectivity index (χ4v) is 1.74. The van der Waals surface area contributed by atoms with E-state index in [9.17, 15) is 0 Å². The first-order valence-electron chi connectivity index (χ1n) is 4.65. The summed E-state index contributed by atoms with van der Waals surface area (Å²) in [7, 11) is 0. The molecule has 0 aromatic heterocycles. The van der Waals surface area contributed by atoms with Crippen molar-refractivity contribution in [1.29, 1.82) is 0 Å². The van der Waals surface area contributed by atoms with Crippen LogP contribution in [-0.2, 0) is 0 Å². The molecule has 11 heavy (non-hydrogen) atoms. The lowest BCUT2D eigenvalue weighted by molar-refractivity contribution is 0.381. The van der Waals surface area contributed by atoms with Crippen LogP contribution in [0.2, 0.25) is 0 Å². The lowest BCUT2D eigenvalue weighted by atomic mass is 10.3. The molecule has 3 rings (SSSR count). The van der Waals surface area contributed by atoms with Crippen molar-refractivity contribution in [2.24, 2.45) is 5.92 Å². The molecule has 0 radical (unpaired) electrons. The van der Waals surface area contributed by atoms with E-state index in [4.69, 9.17) is 0 Å². The highest BCUT2D eigenvalue weighted by Gasteiger charge is 2.34. The Labute approximate surface area is 67.3 Å². The maximum absolute atomic E-state index is 3.48. The molecule has 3 aliphatic rings. The van der Waals surface area contributed by atoms with E-state index in [1.807, 2.05) is 0 Å². The monoisotopic (exact) mass is 150 g/mol. The SMILES string of the molecule is C1=C(C2CC2)NCN1C1CC1. The van der Waals surface area contributed by atoms with Gasteiger partial charge in [-0.05, 0) is 25.7 Å². The summed E-state index contributed by atoms with van der Waals surface area (Å²) in [6.45, 7) is 1.08. The van der Waals surface area contributed by atoms with Gasteiger partial charge in [-0.25, -0.2) is 0 Å². The smallest absolute Gasteiger partial charge is 0.0872 e. The fraction of sp³-hybridized carbons (Fsp3) is 0.778. The van der Waals surface area contributed by atoms with Gasteiger partial charge in [-0.3, -0.25) is 0 Å². The summed E-state index contributed by atoms with van der Waals surface area (Å²) in [6, 6.07) is 0.888. The van der Waals surface area contributed by atoms with Gasteiger partial charge in [-0.1, -0.05) is 0 Å². The number of hydrogen-bond donors (Lipinski definition) is 1. The number of allylic oxidation sites excluding steroid dienone is 1. The maximum atomic E-state index is 3.48. The molecule has 2 aliphatic carbocycles. The minimum Gasteiger partial charge on any atom is -0.370 e.